The minimum absolute atomic E-state index is 0.0428. The molecule has 8 nitrogen and oxygen atoms in total. The zero-order valence-corrected chi connectivity index (χ0v) is 17.6. The molecule has 0 bridgehead atoms. The molecule has 1 rings (SSSR count). The Bertz CT molecular complexity index is 725. The van der Waals surface area contributed by atoms with Crippen molar-refractivity contribution in [1.82, 2.24) is 5.32 Å². The summed E-state index contributed by atoms with van der Waals surface area (Å²) in [5, 5.41) is 28.7. The van der Waals surface area contributed by atoms with Crippen molar-refractivity contribution in [3.63, 3.8) is 0 Å². The number of carbonyl (C=O) groups is 3. The van der Waals surface area contributed by atoms with E-state index in [-0.39, 0.29) is 23.5 Å². The van der Waals surface area contributed by atoms with Crippen LogP contribution in [0.25, 0.3) is 0 Å². The number of halogens is 1. The second-order valence-electron chi connectivity index (χ2n) is 7.42. The minimum atomic E-state index is -1.26. The maximum Gasteiger partial charge on any atom is 0.328 e. The van der Waals surface area contributed by atoms with Crippen LogP contribution in [0.5, 0.6) is 5.75 Å². The number of rotatable bonds is 10. The summed E-state index contributed by atoms with van der Waals surface area (Å²) in [6, 6.07) is 3.87. The lowest BCUT2D eigenvalue weighted by molar-refractivity contribution is -0.134. The predicted octanol–water partition coefficient (Wildman–Crippen LogP) is 2.65. The van der Waals surface area contributed by atoms with E-state index in [4.69, 9.17) is 14.9 Å². The molecule has 0 amide bonds. The van der Waals surface area contributed by atoms with E-state index in [1.807, 2.05) is 27.7 Å². The highest BCUT2D eigenvalue weighted by Gasteiger charge is 2.16. The van der Waals surface area contributed by atoms with Gasteiger partial charge in [0.05, 0.1) is 5.56 Å². The molecule has 1 atom stereocenters. The Morgan fingerprint density at radius 1 is 1.17 bits per heavy atom. The molecule has 0 fully saturated rings. The minimum Gasteiger partial charge on any atom is -0.490 e. The molecule has 4 N–H and O–H groups in total. The highest BCUT2D eigenvalue weighted by atomic mass is 19.1. The predicted molar refractivity (Wildman–Crippen MR) is 109 cm³/mol. The lowest BCUT2D eigenvalue weighted by Gasteiger charge is -2.23. The Kier molecular flexibility index (Phi) is 12.2. The van der Waals surface area contributed by atoms with E-state index in [1.165, 1.54) is 18.2 Å². The largest absolute Gasteiger partial charge is 0.490 e. The molecule has 0 heterocycles. The van der Waals surface area contributed by atoms with Crippen LogP contribution in [-0.2, 0) is 9.59 Å². The monoisotopic (exact) mass is 427 g/mol. The molecular weight excluding hydrogens is 397 g/mol. The summed E-state index contributed by atoms with van der Waals surface area (Å²) in [5.41, 5.74) is 0.136. The van der Waals surface area contributed by atoms with E-state index in [2.05, 4.69) is 5.32 Å². The van der Waals surface area contributed by atoms with Crippen LogP contribution in [0, 0.1) is 5.82 Å². The Morgan fingerprint density at radius 2 is 1.73 bits per heavy atom. The van der Waals surface area contributed by atoms with Crippen molar-refractivity contribution in [2.24, 2.45) is 0 Å². The number of carboxylic acids is 2. The van der Waals surface area contributed by atoms with Gasteiger partial charge in [-0.1, -0.05) is 6.92 Å². The third-order valence-electron chi connectivity index (χ3n) is 3.39. The van der Waals surface area contributed by atoms with Gasteiger partial charge in [-0.05, 0) is 45.4 Å². The molecule has 9 heteroatoms. The summed E-state index contributed by atoms with van der Waals surface area (Å²) in [7, 11) is 0. The summed E-state index contributed by atoms with van der Waals surface area (Å²) in [6.07, 6.45) is 1.43. The molecule has 1 aromatic rings. The van der Waals surface area contributed by atoms with Gasteiger partial charge >= 0.3 is 11.9 Å². The standard InChI is InChI=1S/C17H26FNO3.C4H4O4/c1-5-6-15(21)14-9-12(18)7-8-16(14)22-11-13(20)10-19-17(2,3)4;5-3(6)1-2-4(7)8/h7-9,13,19-20H,5-6,10-11H2,1-4H3;1-2H,(H,5,6)(H,7,8)/b;2-1-. The molecule has 0 radical (unpaired) electrons. The zero-order valence-electron chi connectivity index (χ0n) is 17.6. The normalized spacial score (nSPS) is 12.1. The van der Waals surface area contributed by atoms with Crippen LogP contribution in [-0.4, -0.2) is 57.8 Å². The van der Waals surface area contributed by atoms with Crippen LogP contribution in [0.15, 0.2) is 30.4 Å². The first-order chi connectivity index (χ1) is 13.9. The third kappa shape index (κ3) is 13.4. The van der Waals surface area contributed by atoms with Gasteiger partial charge in [0.1, 0.15) is 24.3 Å². The maximum atomic E-state index is 13.3. The van der Waals surface area contributed by atoms with Gasteiger partial charge < -0.3 is 25.4 Å². The average molecular weight is 427 g/mol. The topological polar surface area (TPSA) is 133 Å². The van der Waals surface area contributed by atoms with E-state index < -0.39 is 23.9 Å². The van der Waals surface area contributed by atoms with E-state index >= 15 is 0 Å². The van der Waals surface area contributed by atoms with Crippen molar-refractivity contribution in [2.75, 3.05) is 13.2 Å². The number of hydrogen-bond donors (Lipinski definition) is 4. The van der Waals surface area contributed by atoms with Crippen LogP contribution < -0.4 is 10.1 Å². The lowest BCUT2D eigenvalue weighted by Crippen LogP contribution is -2.42. The molecular formula is C21H30FNO7. The SMILES string of the molecule is CCCC(=O)c1cc(F)ccc1OCC(O)CNC(C)(C)C.O=C(O)/C=C\C(=O)O. The Balaban J connectivity index is 0.000000890. The van der Waals surface area contributed by atoms with Gasteiger partial charge in [0.25, 0.3) is 0 Å². The molecule has 0 saturated carbocycles. The van der Waals surface area contributed by atoms with Gasteiger partial charge in [-0.3, -0.25) is 4.79 Å². The van der Waals surface area contributed by atoms with Crippen molar-refractivity contribution in [3.05, 3.63) is 41.7 Å². The number of β-amino-alcohol motifs (C(OH)–C–C–N with tert-alkyl or cyclic N) is 1. The smallest absolute Gasteiger partial charge is 0.328 e. The molecule has 168 valence electrons. The fourth-order valence-electron chi connectivity index (χ4n) is 2.02. The van der Waals surface area contributed by atoms with Crippen LogP contribution in [0.3, 0.4) is 0 Å². The first kappa shape index (κ1) is 27.2. The number of hydrogen-bond acceptors (Lipinski definition) is 6. The van der Waals surface area contributed by atoms with Gasteiger partial charge in [0, 0.05) is 30.7 Å². The Morgan fingerprint density at radius 3 is 2.20 bits per heavy atom. The Hall–Kier alpha value is -2.78. The second-order valence-corrected chi connectivity index (χ2v) is 7.42. The molecule has 0 aromatic heterocycles. The van der Waals surface area contributed by atoms with E-state index in [0.717, 1.165) is 0 Å². The number of carbonyl (C=O) groups excluding carboxylic acids is 1. The number of aliphatic hydroxyl groups is 1. The third-order valence-corrected chi connectivity index (χ3v) is 3.39. The first-order valence-corrected chi connectivity index (χ1v) is 9.38. The molecule has 0 saturated heterocycles. The summed E-state index contributed by atoms with van der Waals surface area (Å²) < 4.78 is 18.8. The zero-order chi connectivity index (χ0) is 23.3. The van der Waals surface area contributed by atoms with Crippen molar-refractivity contribution < 1.29 is 38.8 Å². The van der Waals surface area contributed by atoms with Gasteiger partial charge in [-0.25, -0.2) is 14.0 Å². The highest BCUT2D eigenvalue weighted by molar-refractivity contribution is 5.98. The van der Waals surface area contributed by atoms with Crippen molar-refractivity contribution >= 4 is 17.7 Å². The number of Topliss-reactive ketones (excluding diaryl/α,β-unsaturated/α-hetero) is 1. The van der Waals surface area contributed by atoms with Crippen LogP contribution in [0.2, 0.25) is 0 Å². The molecule has 0 aliphatic carbocycles. The van der Waals surface area contributed by atoms with E-state index in [9.17, 15) is 23.9 Å². The molecule has 0 aliphatic rings. The maximum absolute atomic E-state index is 13.3. The summed E-state index contributed by atoms with van der Waals surface area (Å²) >= 11 is 0. The fourth-order valence-corrected chi connectivity index (χ4v) is 2.02. The molecule has 0 aliphatic heterocycles. The second kappa shape index (κ2) is 13.4. The van der Waals surface area contributed by atoms with Crippen LogP contribution >= 0.6 is 0 Å². The van der Waals surface area contributed by atoms with E-state index in [1.54, 1.807) is 0 Å². The number of ether oxygens (including phenoxy) is 1. The number of carboxylic acid groups (broad SMARTS) is 2. The number of aliphatic carboxylic acids is 2. The highest BCUT2D eigenvalue weighted by Crippen LogP contribution is 2.22. The molecule has 1 aromatic carbocycles. The first-order valence-electron chi connectivity index (χ1n) is 9.38. The van der Waals surface area contributed by atoms with Crippen LogP contribution in [0.4, 0.5) is 4.39 Å². The number of aliphatic hydroxyl groups excluding tert-OH is 1. The van der Waals surface area contributed by atoms with Gasteiger partial charge in [0.15, 0.2) is 5.78 Å². The molecule has 1 unspecified atom stereocenters. The van der Waals surface area contributed by atoms with Gasteiger partial charge in [0.2, 0.25) is 0 Å². The van der Waals surface area contributed by atoms with Crippen molar-refractivity contribution in [1.29, 1.82) is 0 Å². The summed E-state index contributed by atoms with van der Waals surface area (Å²) in [6.45, 7) is 8.32. The Labute approximate surface area is 175 Å². The van der Waals surface area contributed by atoms with Crippen molar-refractivity contribution in [3.8, 4) is 5.75 Å². The summed E-state index contributed by atoms with van der Waals surface area (Å²) in [5.74, 6) is -2.82. The number of benzene rings is 1. The fraction of sp³-hybridized carbons (Fsp3) is 0.476. The van der Waals surface area contributed by atoms with Gasteiger partial charge in [-0.2, -0.15) is 0 Å². The van der Waals surface area contributed by atoms with Crippen LogP contribution in [0.1, 0.15) is 50.9 Å². The van der Waals surface area contributed by atoms with Gasteiger partial charge in [-0.15, -0.1) is 0 Å². The van der Waals surface area contributed by atoms with Crippen molar-refractivity contribution in [2.45, 2.75) is 52.2 Å². The van der Waals surface area contributed by atoms with E-state index in [0.29, 0.717) is 37.3 Å². The number of ketones is 1. The quantitative estimate of drug-likeness (QED) is 0.331. The summed E-state index contributed by atoms with van der Waals surface area (Å²) in [4.78, 5) is 31.1. The number of nitrogens with one attached hydrogen (secondary N) is 1. The molecule has 30 heavy (non-hydrogen) atoms. The average Bonchev–Trinajstić information content (AvgIpc) is 2.63. The molecule has 0 spiro atoms. The lowest BCUT2D eigenvalue weighted by atomic mass is 10.1.